The van der Waals surface area contributed by atoms with Crippen LogP contribution in [0.15, 0.2) is 42.7 Å². The summed E-state index contributed by atoms with van der Waals surface area (Å²) in [7, 11) is 0. The molecular formula is C17H24N2. The summed E-state index contributed by atoms with van der Waals surface area (Å²) < 4.78 is 2.19. The first-order chi connectivity index (χ1) is 8.99. The average Bonchev–Trinajstić information content (AvgIpc) is 2.84. The maximum Gasteiger partial charge on any atom is 0.0415 e. The summed E-state index contributed by atoms with van der Waals surface area (Å²) in [5.74, 6) is 0. The first-order valence-corrected chi connectivity index (χ1v) is 6.98. The number of aromatic nitrogens is 1. The largest absolute Gasteiger partial charge is 0.381 e. The highest BCUT2D eigenvalue weighted by Crippen LogP contribution is 2.23. The van der Waals surface area contributed by atoms with Gasteiger partial charge in [-0.15, -0.1) is 0 Å². The molecule has 2 aromatic rings. The van der Waals surface area contributed by atoms with Gasteiger partial charge in [-0.05, 0) is 41.7 Å². The van der Waals surface area contributed by atoms with Crippen LogP contribution in [0.25, 0.3) is 0 Å². The van der Waals surface area contributed by atoms with Crippen LogP contribution in [0.2, 0.25) is 0 Å². The fraction of sp³-hybridized carbons (Fsp3) is 0.412. The third kappa shape index (κ3) is 3.63. The second-order valence-corrected chi connectivity index (χ2v) is 6.03. The average molecular weight is 256 g/mol. The highest BCUT2D eigenvalue weighted by molar-refractivity contribution is 5.46. The summed E-state index contributed by atoms with van der Waals surface area (Å²) in [6, 6.07) is 10.9. The van der Waals surface area contributed by atoms with Crippen LogP contribution in [-0.2, 0) is 18.5 Å². The van der Waals surface area contributed by atoms with Gasteiger partial charge in [0, 0.05) is 31.2 Å². The van der Waals surface area contributed by atoms with E-state index in [4.69, 9.17) is 0 Å². The van der Waals surface area contributed by atoms with Crippen molar-refractivity contribution in [1.82, 2.24) is 4.57 Å². The van der Waals surface area contributed by atoms with E-state index in [2.05, 4.69) is 80.3 Å². The molecule has 0 radical (unpaired) electrons. The van der Waals surface area contributed by atoms with Crippen molar-refractivity contribution in [2.24, 2.45) is 0 Å². The first-order valence-electron chi connectivity index (χ1n) is 6.98. The lowest BCUT2D eigenvalue weighted by Gasteiger charge is -2.19. The number of nitrogens with one attached hydrogen (secondary N) is 1. The molecule has 1 aromatic heterocycles. The Bertz CT molecular complexity index is 515. The maximum atomic E-state index is 3.46. The quantitative estimate of drug-likeness (QED) is 0.857. The highest BCUT2D eigenvalue weighted by atomic mass is 14.9. The molecule has 0 fully saturated rings. The molecule has 1 N–H and O–H groups in total. The van der Waals surface area contributed by atoms with Gasteiger partial charge in [0.2, 0.25) is 0 Å². The van der Waals surface area contributed by atoms with E-state index in [0.29, 0.717) is 0 Å². The Hall–Kier alpha value is -1.70. The topological polar surface area (TPSA) is 17.0 Å². The van der Waals surface area contributed by atoms with Crippen LogP contribution in [0, 0.1) is 0 Å². The molecule has 0 saturated heterocycles. The summed E-state index contributed by atoms with van der Waals surface area (Å²) in [5.41, 5.74) is 4.09. The predicted octanol–water partition coefficient (Wildman–Crippen LogP) is 4.42. The van der Waals surface area contributed by atoms with E-state index in [1.807, 2.05) is 0 Å². The molecule has 0 spiro atoms. The van der Waals surface area contributed by atoms with E-state index >= 15 is 0 Å². The van der Waals surface area contributed by atoms with Gasteiger partial charge in [-0.25, -0.2) is 0 Å². The zero-order valence-corrected chi connectivity index (χ0v) is 12.4. The van der Waals surface area contributed by atoms with Gasteiger partial charge in [-0.1, -0.05) is 32.9 Å². The number of hydrogen-bond donors (Lipinski definition) is 1. The van der Waals surface area contributed by atoms with Crippen molar-refractivity contribution < 1.29 is 0 Å². The molecule has 0 unspecified atom stereocenters. The van der Waals surface area contributed by atoms with Crippen LogP contribution in [-0.4, -0.2) is 4.57 Å². The summed E-state index contributed by atoms with van der Waals surface area (Å²) in [4.78, 5) is 0. The lowest BCUT2D eigenvalue weighted by molar-refractivity contribution is 0.590. The molecule has 0 saturated carbocycles. The molecule has 0 bridgehead atoms. The number of nitrogens with zero attached hydrogens (tertiary/aromatic N) is 1. The number of rotatable bonds is 4. The van der Waals surface area contributed by atoms with Crippen LogP contribution in [0.4, 0.5) is 5.69 Å². The minimum atomic E-state index is 0.219. The SMILES string of the molecule is CCn1ccc(CNc2ccc(C(C)(C)C)cc2)c1. The van der Waals surface area contributed by atoms with Crippen molar-refractivity contribution >= 4 is 5.69 Å². The Morgan fingerprint density at radius 3 is 2.26 bits per heavy atom. The third-order valence-corrected chi connectivity index (χ3v) is 3.42. The molecule has 2 rings (SSSR count). The molecule has 19 heavy (non-hydrogen) atoms. The van der Waals surface area contributed by atoms with Crippen molar-refractivity contribution in [3.8, 4) is 0 Å². The maximum absolute atomic E-state index is 3.46. The second-order valence-electron chi connectivity index (χ2n) is 6.03. The lowest BCUT2D eigenvalue weighted by Crippen LogP contribution is -2.10. The van der Waals surface area contributed by atoms with Crippen LogP contribution in [0.5, 0.6) is 0 Å². The van der Waals surface area contributed by atoms with E-state index in [-0.39, 0.29) is 5.41 Å². The third-order valence-electron chi connectivity index (χ3n) is 3.42. The number of hydrogen-bond acceptors (Lipinski definition) is 1. The summed E-state index contributed by atoms with van der Waals surface area (Å²) in [5, 5.41) is 3.46. The minimum Gasteiger partial charge on any atom is -0.381 e. The van der Waals surface area contributed by atoms with Crippen molar-refractivity contribution in [1.29, 1.82) is 0 Å². The smallest absolute Gasteiger partial charge is 0.0415 e. The van der Waals surface area contributed by atoms with Crippen LogP contribution in [0.3, 0.4) is 0 Å². The Kier molecular flexibility index (Phi) is 3.98. The molecule has 0 aliphatic carbocycles. The monoisotopic (exact) mass is 256 g/mol. The van der Waals surface area contributed by atoms with Crippen molar-refractivity contribution in [3.05, 3.63) is 53.9 Å². The molecule has 1 aromatic carbocycles. The Balaban J connectivity index is 1.96. The standard InChI is InChI=1S/C17H24N2/c1-5-19-11-10-14(13-19)12-18-16-8-6-15(7-9-16)17(2,3)4/h6-11,13,18H,5,12H2,1-4H3. The zero-order valence-electron chi connectivity index (χ0n) is 12.4. The van der Waals surface area contributed by atoms with E-state index in [0.717, 1.165) is 13.1 Å². The molecule has 2 nitrogen and oxygen atoms in total. The van der Waals surface area contributed by atoms with Crippen LogP contribution >= 0.6 is 0 Å². The fourth-order valence-electron chi connectivity index (χ4n) is 2.08. The van der Waals surface area contributed by atoms with E-state index in [1.54, 1.807) is 0 Å². The van der Waals surface area contributed by atoms with E-state index in [9.17, 15) is 0 Å². The first kappa shape index (κ1) is 13.7. The van der Waals surface area contributed by atoms with Gasteiger partial charge in [-0.2, -0.15) is 0 Å². The van der Waals surface area contributed by atoms with Gasteiger partial charge in [0.05, 0.1) is 0 Å². The Morgan fingerprint density at radius 2 is 1.74 bits per heavy atom. The van der Waals surface area contributed by atoms with Gasteiger partial charge in [-0.3, -0.25) is 0 Å². The molecule has 0 atom stereocenters. The highest BCUT2D eigenvalue weighted by Gasteiger charge is 2.12. The molecule has 0 aliphatic heterocycles. The fourth-order valence-corrected chi connectivity index (χ4v) is 2.08. The van der Waals surface area contributed by atoms with Gasteiger partial charge in [0.25, 0.3) is 0 Å². The number of anilines is 1. The summed E-state index contributed by atoms with van der Waals surface area (Å²) in [6.07, 6.45) is 4.32. The summed E-state index contributed by atoms with van der Waals surface area (Å²) >= 11 is 0. The number of benzene rings is 1. The predicted molar refractivity (Wildman–Crippen MR) is 82.6 cm³/mol. The molecule has 0 amide bonds. The minimum absolute atomic E-state index is 0.219. The van der Waals surface area contributed by atoms with Gasteiger partial charge >= 0.3 is 0 Å². The van der Waals surface area contributed by atoms with E-state index in [1.165, 1.54) is 16.8 Å². The zero-order chi connectivity index (χ0) is 13.9. The molecule has 102 valence electrons. The Morgan fingerprint density at radius 1 is 1.05 bits per heavy atom. The molecule has 2 heteroatoms. The van der Waals surface area contributed by atoms with Gasteiger partial charge in [0.1, 0.15) is 0 Å². The van der Waals surface area contributed by atoms with Gasteiger partial charge < -0.3 is 9.88 Å². The Labute approximate surface area is 116 Å². The van der Waals surface area contributed by atoms with Crippen molar-refractivity contribution in [2.75, 3.05) is 5.32 Å². The van der Waals surface area contributed by atoms with Crippen molar-refractivity contribution in [3.63, 3.8) is 0 Å². The second kappa shape index (κ2) is 5.52. The van der Waals surface area contributed by atoms with Crippen LogP contribution in [0.1, 0.15) is 38.8 Å². The van der Waals surface area contributed by atoms with Crippen molar-refractivity contribution in [2.45, 2.75) is 46.2 Å². The molecular weight excluding hydrogens is 232 g/mol. The summed E-state index contributed by atoms with van der Waals surface area (Å²) in [6.45, 7) is 10.8. The van der Waals surface area contributed by atoms with E-state index < -0.39 is 0 Å². The number of aryl methyl sites for hydroxylation is 1. The normalized spacial score (nSPS) is 11.6. The molecule has 0 aliphatic rings. The van der Waals surface area contributed by atoms with Crippen LogP contribution < -0.4 is 5.32 Å². The van der Waals surface area contributed by atoms with Gasteiger partial charge in [0.15, 0.2) is 0 Å². The lowest BCUT2D eigenvalue weighted by atomic mass is 9.87. The molecule has 1 heterocycles.